The SMILES string of the molecule is CN=C(NCC1CCN(c2cccc(Br)c2)C1)NC1CC=CC1.I. The molecule has 1 aliphatic heterocycles. The molecule has 1 unspecified atom stereocenters. The third-order valence-electron chi connectivity index (χ3n) is 4.59. The van der Waals surface area contributed by atoms with Gasteiger partial charge in [-0.05, 0) is 43.4 Å². The molecule has 1 aromatic carbocycles. The summed E-state index contributed by atoms with van der Waals surface area (Å²) in [5.74, 6) is 1.59. The molecular weight excluding hydrogens is 479 g/mol. The molecule has 1 saturated heterocycles. The van der Waals surface area contributed by atoms with Crippen molar-refractivity contribution in [2.75, 3.05) is 31.6 Å². The van der Waals surface area contributed by atoms with Gasteiger partial charge in [-0.25, -0.2) is 0 Å². The second kappa shape index (κ2) is 9.65. The van der Waals surface area contributed by atoms with Crippen molar-refractivity contribution in [3.63, 3.8) is 0 Å². The molecule has 1 aromatic rings. The lowest BCUT2D eigenvalue weighted by molar-refractivity contribution is 0.555. The van der Waals surface area contributed by atoms with E-state index in [0.717, 1.165) is 42.9 Å². The van der Waals surface area contributed by atoms with E-state index in [0.29, 0.717) is 12.0 Å². The highest BCUT2D eigenvalue weighted by Gasteiger charge is 2.23. The minimum Gasteiger partial charge on any atom is -0.371 e. The van der Waals surface area contributed by atoms with Gasteiger partial charge in [0.1, 0.15) is 0 Å². The number of hydrogen-bond acceptors (Lipinski definition) is 2. The summed E-state index contributed by atoms with van der Waals surface area (Å²) in [6.45, 7) is 3.21. The van der Waals surface area contributed by atoms with Crippen molar-refractivity contribution in [3.05, 3.63) is 40.9 Å². The van der Waals surface area contributed by atoms with Crippen molar-refractivity contribution in [1.82, 2.24) is 10.6 Å². The Morgan fingerprint density at radius 2 is 2.12 bits per heavy atom. The van der Waals surface area contributed by atoms with E-state index in [4.69, 9.17) is 0 Å². The van der Waals surface area contributed by atoms with E-state index >= 15 is 0 Å². The molecule has 2 N–H and O–H groups in total. The van der Waals surface area contributed by atoms with E-state index < -0.39 is 0 Å². The van der Waals surface area contributed by atoms with Gasteiger partial charge in [0.15, 0.2) is 5.96 Å². The average molecular weight is 505 g/mol. The molecule has 1 heterocycles. The number of halogens is 2. The van der Waals surface area contributed by atoms with Crippen molar-refractivity contribution in [3.8, 4) is 0 Å². The minimum absolute atomic E-state index is 0. The first-order chi connectivity index (χ1) is 11.2. The lowest BCUT2D eigenvalue weighted by atomic mass is 10.1. The first kappa shape index (κ1) is 19.6. The fraction of sp³-hybridized carbons (Fsp3) is 0.500. The van der Waals surface area contributed by atoms with Gasteiger partial charge in [-0.15, -0.1) is 24.0 Å². The van der Waals surface area contributed by atoms with Crippen LogP contribution in [0.3, 0.4) is 0 Å². The van der Waals surface area contributed by atoms with Crippen LogP contribution in [0.15, 0.2) is 45.9 Å². The summed E-state index contributed by atoms with van der Waals surface area (Å²) in [4.78, 5) is 6.81. The summed E-state index contributed by atoms with van der Waals surface area (Å²) < 4.78 is 1.14. The van der Waals surface area contributed by atoms with Gasteiger partial charge in [-0.3, -0.25) is 4.99 Å². The average Bonchev–Trinajstić information content (AvgIpc) is 3.23. The van der Waals surface area contributed by atoms with Crippen molar-refractivity contribution in [2.24, 2.45) is 10.9 Å². The molecule has 0 saturated carbocycles. The standard InChI is InChI=1S/C18H25BrN4.HI/c1-20-18(22-16-6-2-3-7-16)21-12-14-9-10-23(13-14)17-8-4-5-15(19)11-17;/h2-5,8,11,14,16H,6-7,9-10,12-13H2,1H3,(H2,20,21,22);1H. The molecule has 0 spiro atoms. The molecule has 0 aromatic heterocycles. The van der Waals surface area contributed by atoms with Gasteiger partial charge >= 0.3 is 0 Å². The Morgan fingerprint density at radius 3 is 2.83 bits per heavy atom. The van der Waals surface area contributed by atoms with Crippen LogP contribution in [0.2, 0.25) is 0 Å². The Kier molecular flexibility index (Phi) is 7.87. The Labute approximate surface area is 170 Å². The van der Waals surface area contributed by atoms with Gasteiger partial charge in [-0.2, -0.15) is 0 Å². The Morgan fingerprint density at radius 1 is 1.33 bits per heavy atom. The van der Waals surface area contributed by atoms with Crippen molar-refractivity contribution in [1.29, 1.82) is 0 Å². The largest absolute Gasteiger partial charge is 0.371 e. The second-order valence-corrected chi connectivity index (χ2v) is 7.23. The predicted molar refractivity (Wildman–Crippen MR) is 117 cm³/mol. The molecule has 4 nitrogen and oxygen atoms in total. The lowest BCUT2D eigenvalue weighted by Gasteiger charge is -2.21. The number of guanidine groups is 1. The Balaban J connectivity index is 0.00000208. The number of nitrogens with zero attached hydrogens (tertiary/aromatic N) is 2. The van der Waals surface area contributed by atoms with E-state index in [9.17, 15) is 0 Å². The fourth-order valence-electron chi connectivity index (χ4n) is 3.27. The number of hydrogen-bond donors (Lipinski definition) is 2. The molecule has 0 radical (unpaired) electrons. The number of benzene rings is 1. The molecule has 0 bridgehead atoms. The molecule has 1 atom stereocenters. The van der Waals surface area contributed by atoms with Crippen LogP contribution in [-0.2, 0) is 0 Å². The molecule has 0 amide bonds. The molecule has 24 heavy (non-hydrogen) atoms. The molecular formula is C18H26BrIN4. The molecule has 1 fully saturated rings. The van der Waals surface area contributed by atoms with E-state index in [2.05, 4.69) is 72.9 Å². The molecule has 6 heteroatoms. The third-order valence-corrected chi connectivity index (χ3v) is 5.08. The third kappa shape index (κ3) is 5.37. The quantitative estimate of drug-likeness (QED) is 0.284. The van der Waals surface area contributed by atoms with Gasteiger partial charge in [0, 0.05) is 42.9 Å². The maximum atomic E-state index is 4.35. The highest BCUT2D eigenvalue weighted by Crippen LogP contribution is 2.25. The Hall–Kier alpha value is -0.760. The normalized spacial score (nSPS) is 21.0. The lowest BCUT2D eigenvalue weighted by Crippen LogP contribution is -2.44. The van der Waals surface area contributed by atoms with Crippen LogP contribution in [0.5, 0.6) is 0 Å². The molecule has 2 aliphatic rings. The summed E-state index contributed by atoms with van der Waals surface area (Å²) in [5.41, 5.74) is 1.31. The zero-order valence-corrected chi connectivity index (χ0v) is 18.0. The molecule has 3 rings (SSSR count). The Bertz CT molecular complexity index is 582. The topological polar surface area (TPSA) is 39.7 Å². The van der Waals surface area contributed by atoms with Crippen LogP contribution in [0, 0.1) is 5.92 Å². The summed E-state index contributed by atoms with van der Waals surface area (Å²) in [7, 11) is 1.85. The highest BCUT2D eigenvalue weighted by atomic mass is 127. The zero-order valence-electron chi connectivity index (χ0n) is 14.0. The van der Waals surface area contributed by atoms with Crippen LogP contribution >= 0.6 is 39.9 Å². The molecule has 1 aliphatic carbocycles. The summed E-state index contributed by atoms with van der Waals surface area (Å²) in [6.07, 6.45) is 7.89. The fourth-order valence-corrected chi connectivity index (χ4v) is 3.66. The van der Waals surface area contributed by atoms with Crippen LogP contribution in [0.4, 0.5) is 5.69 Å². The molecule has 132 valence electrons. The van der Waals surface area contributed by atoms with Crippen molar-refractivity contribution >= 4 is 51.6 Å². The maximum absolute atomic E-state index is 4.35. The van der Waals surface area contributed by atoms with Crippen LogP contribution in [-0.4, -0.2) is 38.7 Å². The smallest absolute Gasteiger partial charge is 0.191 e. The van der Waals surface area contributed by atoms with Crippen molar-refractivity contribution < 1.29 is 0 Å². The monoisotopic (exact) mass is 504 g/mol. The number of anilines is 1. The van der Waals surface area contributed by atoms with Gasteiger partial charge in [-0.1, -0.05) is 34.1 Å². The van der Waals surface area contributed by atoms with E-state index in [-0.39, 0.29) is 24.0 Å². The predicted octanol–water partition coefficient (Wildman–Crippen LogP) is 3.78. The highest BCUT2D eigenvalue weighted by molar-refractivity contribution is 14.0. The summed E-state index contributed by atoms with van der Waals surface area (Å²) in [6, 6.07) is 9.07. The van der Waals surface area contributed by atoms with Crippen LogP contribution in [0.25, 0.3) is 0 Å². The number of nitrogens with one attached hydrogen (secondary N) is 2. The minimum atomic E-state index is 0. The number of aliphatic imine (C=N–C) groups is 1. The van der Waals surface area contributed by atoms with Crippen LogP contribution in [0.1, 0.15) is 19.3 Å². The summed E-state index contributed by atoms with van der Waals surface area (Å²) >= 11 is 3.56. The van der Waals surface area contributed by atoms with E-state index in [1.54, 1.807) is 0 Å². The van der Waals surface area contributed by atoms with Gasteiger partial charge in [0.05, 0.1) is 0 Å². The van der Waals surface area contributed by atoms with Gasteiger partial charge in [0.25, 0.3) is 0 Å². The number of rotatable bonds is 4. The first-order valence-electron chi connectivity index (χ1n) is 8.37. The van der Waals surface area contributed by atoms with E-state index in [1.165, 1.54) is 12.1 Å². The van der Waals surface area contributed by atoms with Gasteiger partial charge in [0.2, 0.25) is 0 Å². The van der Waals surface area contributed by atoms with Gasteiger partial charge < -0.3 is 15.5 Å². The summed E-state index contributed by atoms with van der Waals surface area (Å²) in [5, 5.41) is 6.99. The first-order valence-corrected chi connectivity index (χ1v) is 9.16. The van der Waals surface area contributed by atoms with E-state index in [1.807, 2.05) is 7.05 Å². The van der Waals surface area contributed by atoms with Crippen molar-refractivity contribution in [2.45, 2.75) is 25.3 Å². The van der Waals surface area contributed by atoms with Crippen LogP contribution < -0.4 is 15.5 Å². The maximum Gasteiger partial charge on any atom is 0.191 e. The zero-order chi connectivity index (χ0) is 16.1. The second-order valence-electron chi connectivity index (χ2n) is 6.32.